The molecule has 0 aromatic heterocycles. The van der Waals surface area contributed by atoms with Crippen molar-refractivity contribution in [1.29, 1.82) is 0 Å². The normalized spacial score (nSPS) is 49.1. The Morgan fingerprint density at radius 2 is 0.547 bits per heavy atom. The van der Waals surface area contributed by atoms with E-state index in [-0.39, 0.29) is 0 Å². The molecule has 14 unspecified atom stereocenters. The molecule has 538 valence electrons. The molecule has 19 N–H and O–H groups in total. The Balaban J connectivity index is 1.00. The van der Waals surface area contributed by atoms with Crippen LogP contribution in [0.1, 0.15) is 6.42 Å². The fraction of sp³-hybridized carbons (Fsp3) is 0.782. The van der Waals surface area contributed by atoms with Crippen LogP contribution >= 0.6 is 0 Å². The summed E-state index contributed by atoms with van der Waals surface area (Å²) < 4.78 is 143. The van der Waals surface area contributed by atoms with E-state index in [1.807, 2.05) is 0 Å². The molecule has 1 aliphatic carbocycles. The molecule has 31 rings (SSSR count). The third kappa shape index (κ3) is 14.5. The first-order chi connectivity index (χ1) is 45.1. The van der Waals surface area contributed by atoms with Gasteiger partial charge in [0.05, 0.1) is 68.2 Å². The van der Waals surface area contributed by atoms with Crippen LogP contribution in [0.4, 0.5) is 0 Å². The largest absolute Gasteiger partial charge is 0.394 e. The lowest BCUT2D eigenvalue weighted by molar-refractivity contribution is -0.396. The van der Waals surface area contributed by atoms with E-state index in [9.17, 15) is 114 Å². The molecule has 15 fully saturated rings. The smallest absolute Gasteiger partial charge is 0.297 e. The van der Waals surface area contributed by atoms with E-state index < -0.39 is 297 Å². The zero-order valence-electron chi connectivity index (χ0n) is 49.6. The highest BCUT2D eigenvalue weighted by atomic mass is 32.2. The highest BCUT2D eigenvalue weighted by molar-refractivity contribution is 7.87. The van der Waals surface area contributed by atoms with Crippen molar-refractivity contribution in [1.82, 2.24) is 0 Å². The third-order valence-corrected chi connectivity index (χ3v) is 20.9. The predicted octanol–water partition coefficient (Wildman–Crippen LogP) is -11.8. The number of aliphatic hydroxyl groups is 19. The second-order valence-corrected chi connectivity index (χ2v) is 27.5. The molecule has 2 aromatic carbocycles. The molecule has 0 spiro atoms. The van der Waals surface area contributed by atoms with Crippen molar-refractivity contribution in [2.75, 3.05) is 46.2 Å². The van der Waals surface area contributed by atoms with E-state index in [2.05, 4.69) is 0 Å². The highest BCUT2D eigenvalue weighted by Gasteiger charge is 2.60. The van der Waals surface area contributed by atoms with Crippen LogP contribution in [0.15, 0.2) is 58.3 Å². The summed E-state index contributed by atoms with van der Waals surface area (Å²) in [5.74, 6) is -1.54. The molecule has 29 aliphatic rings. The van der Waals surface area contributed by atoms with Crippen LogP contribution in [0.3, 0.4) is 0 Å². The van der Waals surface area contributed by atoms with Crippen LogP contribution in [0.5, 0.6) is 0 Å². The average molecular weight is 1410 g/mol. The van der Waals surface area contributed by atoms with Crippen LogP contribution in [-0.2, 0) is 90.2 Å². The van der Waals surface area contributed by atoms with E-state index in [1.165, 1.54) is 24.3 Å². The maximum Gasteiger partial charge on any atom is 0.297 e. The van der Waals surface area contributed by atoms with Crippen molar-refractivity contribution in [2.24, 2.45) is 5.92 Å². The number of benzene rings is 2. The summed E-state index contributed by atoms with van der Waals surface area (Å²) in [6.07, 6.45) is -72.6. The maximum absolute atomic E-state index is 14.1. The van der Waals surface area contributed by atoms with E-state index in [0.717, 1.165) is 24.3 Å². The molecule has 28 heterocycles. The quantitative estimate of drug-likeness (QED) is 0.124. The second-order valence-electron chi connectivity index (χ2n) is 24.3. The van der Waals surface area contributed by atoms with Gasteiger partial charge in [-0.25, -0.2) is 0 Å². The lowest BCUT2D eigenvalue weighted by Gasteiger charge is -2.50. The summed E-state index contributed by atoms with van der Waals surface area (Å²) in [6, 6.07) is 9.61. The van der Waals surface area contributed by atoms with Crippen molar-refractivity contribution in [2.45, 2.75) is 225 Å². The SMILES string of the molecule is O=S1(=O)OC[C@H]2C[C@@H]3O[C@H]4C(O)C(O)[C@@H](O[C@@H]4CO)O[C@H]4C(O)C(O)[C@H](O[C@@H]4CO)O[C@H]4C(O)C(O)[C@H](O[C@@H]4COS(=O)(=O)c4ccc(cc4)-c4ccc1cc4)O[C@H]1C(O)C(O)[C@H](O[C@@H]1CO)O[C@H]1C(O)C(O)[C@H](O[C@@H]1CO)O[C@H]1C(O)C(O)[C@H](O[C@@H]1CO)O[C@H]2C(O)C3O. The highest BCUT2D eigenvalue weighted by Crippen LogP contribution is 2.41. The van der Waals surface area contributed by atoms with Gasteiger partial charge < -0.3 is 159 Å². The van der Waals surface area contributed by atoms with Crippen molar-refractivity contribution >= 4 is 20.2 Å². The minimum atomic E-state index is -4.94. The molecule has 1 saturated carbocycles. The Kier molecular flexibility index (Phi) is 23.0. The summed E-state index contributed by atoms with van der Waals surface area (Å²) in [6.45, 7) is -7.79. The lowest BCUT2D eigenvalue weighted by Crippen LogP contribution is -2.68. The number of hydrogen-bond donors (Lipinski definition) is 19. The molecular formula is C55H78O38S2. The average Bonchev–Trinajstić information content (AvgIpc) is 0.792. The summed E-state index contributed by atoms with van der Waals surface area (Å²) in [7, 11) is -9.80. The molecule has 2 aromatic rings. The molecule has 40 heteroatoms. The predicted molar refractivity (Wildman–Crippen MR) is 296 cm³/mol. The summed E-state index contributed by atoms with van der Waals surface area (Å²) in [5, 5.41) is 217. The van der Waals surface area contributed by atoms with Gasteiger partial charge in [0, 0.05) is 5.92 Å². The number of ether oxygens (including phenoxy) is 13. The van der Waals surface area contributed by atoms with E-state index in [1.54, 1.807) is 0 Å². The number of hydrogen-bond acceptors (Lipinski definition) is 38. The third-order valence-electron chi connectivity index (χ3n) is 18.3. The molecule has 38 nitrogen and oxygen atoms in total. The zero-order chi connectivity index (χ0) is 68.4. The van der Waals surface area contributed by atoms with Gasteiger partial charge >= 0.3 is 0 Å². The van der Waals surface area contributed by atoms with Gasteiger partial charge in [-0.1, -0.05) is 24.3 Å². The Labute approximate surface area is 539 Å². The summed E-state index contributed by atoms with van der Waals surface area (Å²) >= 11 is 0. The Bertz CT molecular complexity index is 3060. The molecule has 0 radical (unpaired) electrons. The van der Waals surface area contributed by atoms with Gasteiger partial charge in [0.1, 0.15) is 159 Å². The van der Waals surface area contributed by atoms with Gasteiger partial charge in [-0.15, -0.1) is 0 Å². The fourth-order valence-electron chi connectivity index (χ4n) is 13.0. The van der Waals surface area contributed by atoms with Gasteiger partial charge in [-0.05, 0) is 41.8 Å². The first-order valence-corrected chi connectivity index (χ1v) is 33.0. The maximum atomic E-state index is 14.1. The van der Waals surface area contributed by atoms with Crippen LogP contribution in [-0.4, -0.2) is 369 Å². The van der Waals surface area contributed by atoms with Crippen molar-refractivity contribution < 1.29 is 184 Å². The molecule has 28 aliphatic heterocycles. The van der Waals surface area contributed by atoms with Gasteiger partial charge in [-0.3, -0.25) is 8.37 Å². The van der Waals surface area contributed by atoms with Crippen molar-refractivity contribution in [3.8, 4) is 11.1 Å². The number of rotatable bonds is 5. The number of aliphatic hydroxyl groups excluding tert-OH is 19. The van der Waals surface area contributed by atoms with Crippen LogP contribution < -0.4 is 0 Å². The summed E-state index contributed by atoms with van der Waals surface area (Å²) in [5.41, 5.74) is 0.600. The van der Waals surface area contributed by atoms with Crippen molar-refractivity contribution in [3.05, 3.63) is 48.5 Å². The minimum absolute atomic E-state index is 0.298. The fourth-order valence-corrected chi connectivity index (χ4v) is 14.8. The van der Waals surface area contributed by atoms with Gasteiger partial charge in [0.25, 0.3) is 20.2 Å². The first kappa shape index (κ1) is 73.2. The topological polar surface area (TPSA) is 591 Å². The molecule has 35 atom stereocenters. The Morgan fingerprint density at radius 1 is 0.284 bits per heavy atom. The standard InChI is InChI=1S/C55H78O38S2/c56-10-23-44-31(63)37(69)51(82-23)89-47-26(13-59)86-54(41(73)35(47)67)93-49-28-16-80-95(77,78)21-7-3-18(4-8-21)17-1-5-20(6-2-17)94(75,76)79-15-19-9-22(81-44)29(61)30(62)43(19)88-50-38(70)32(64)45(24(11-57)83-50)90-52-39(71)33(65)46(25(12-58)84-52)91-53-40(72)34(66)48(27(14-60)85-53)92-55(87-28)42(74)36(49)68/h1-8,19,22-74H,9-16H2/t19-,22+,23-,24-,25-,26-,27-,28-,29?,30?,31?,32?,33?,34?,35?,36?,37?,38?,39?,40?,41?,42?,43-,44-,45-,46-,47-,48-,49-,50-,51+,52-,53-,54-,55-/m1/s1. The van der Waals surface area contributed by atoms with E-state index in [4.69, 9.17) is 69.9 Å². The van der Waals surface area contributed by atoms with Crippen molar-refractivity contribution in [3.63, 3.8) is 0 Å². The minimum Gasteiger partial charge on any atom is -0.394 e. The molecular weight excluding hydrogens is 1330 g/mol. The van der Waals surface area contributed by atoms with Gasteiger partial charge in [0.2, 0.25) is 0 Å². The Hall–Kier alpha value is -3.02. The van der Waals surface area contributed by atoms with Gasteiger partial charge in [-0.2, -0.15) is 16.8 Å². The Morgan fingerprint density at radius 3 is 0.874 bits per heavy atom. The molecule has 0 amide bonds. The molecule has 14 saturated heterocycles. The summed E-state index contributed by atoms with van der Waals surface area (Å²) in [4.78, 5) is -1.00. The lowest BCUT2D eigenvalue weighted by atomic mass is 9.80. The van der Waals surface area contributed by atoms with Gasteiger partial charge in [0.15, 0.2) is 37.7 Å². The van der Waals surface area contributed by atoms with E-state index in [0.29, 0.717) is 11.1 Å². The zero-order valence-corrected chi connectivity index (χ0v) is 51.2. The monoisotopic (exact) mass is 1410 g/mol. The first-order valence-electron chi connectivity index (χ1n) is 30.2. The second kappa shape index (κ2) is 29.9. The molecule has 20 bridgehead atoms. The molecule has 95 heavy (non-hydrogen) atoms. The van der Waals surface area contributed by atoms with E-state index >= 15 is 0 Å². The van der Waals surface area contributed by atoms with Crippen LogP contribution in [0, 0.1) is 5.92 Å². The van der Waals surface area contributed by atoms with Crippen LogP contribution in [0.25, 0.3) is 11.1 Å². The van der Waals surface area contributed by atoms with Crippen LogP contribution in [0.2, 0.25) is 0 Å².